The molecule has 2 heterocycles. The summed E-state index contributed by atoms with van der Waals surface area (Å²) in [6, 6.07) is 15.8. The largest absolute Gasteiger partial charge is 0.342 e. The third kappa shape index (κ3) is 4.32. The molecule has 4 rings (SSSR count). The van der Waals surface area contributed by atoms with Gasteiger partial charge in [-0.25, -0.2) is 19.4 Å². The number of nitrogens with one attached hydrogen (secondary N) is 2. The minimum Gasteiger partial charge on any atom is -0.342 e. The number of carbonyl (C=O) groups is 1. The van der Waals surface area contributed by atoms with E-state index < -0.39 is 0 Å². The van der Waals surface area contributed by atoms with Crippen LogP contribution in [0.25, 0.3) is 16.7 Å². The summed E-state index contributed by atoms with van der Waals surface area (Å²) >= 11 is 0. The number of amides is 2. The van der Waals surface area contributed by atoms with Gasteiger partial charge < -0.3 is 15.2 Å². The molecule has 4 aromatic rings. The number of carbonyl (C=O) groups excluding carboxylic acids is 1. The van der Waals surface area contributed by atoms with Crippen LogP contribution < -0.4 is 5.32 Å². The Morgan fingerprint density at radius 1 is 1.20 bits per heavy atom. The topological polar surface area (TPSA) is 91.7 Å². The van der Waals surface area contributed by atoms with Crippen LogP contribution in [0, 0.1) is 0 Å². The highest BCUT2D eigenvalue weighted by atomic mass is 16.2. The molecule has 0 unspecified atom stereocenters. The summed E-state index contributed by atoms with van der Waals surface area (Å²) in [6.07, 6.45) is 4.77. The standard InChI is InChI=1S/C22H25N7O/c1-16(17-9-11-18(12-10-17)29-15-23-14-25-29)28(2)22(30)24-13-5-8-21-26-19-6-3-4-7-20(19)27-21/h3-4,6-7,9-12,14-16H,5,8,13H2,1-2H3,(H,24,30)(H,26,27)/t16-/m1/s1. The Morgan fingerprint density at radius 2 is 2.00 bits per heavy atom. The van der Waals surface area contributed by atoms with Crippen LogP contribution in [0.3, 0.4) is 0 Å². The number of hydrogen-bond acceptors (Lipinski definition) is 4. The minimum atomic E-state index is -0.0903. The molecule has 1 atom stereocenters. The van der Waals surface area contributed by atoms with E-state index in [0.717, 1.165) is 41.0 Å². The van der Waals surface area contributed by atoms with Crippen molar-refractivity contribution >= 4 is 17.1 Å². The van der Waals surface area contributed by atoms with Gasteiger partial charge in [0.2, 0.25) is 0 Å². The number of urea groups is 1. The maximum Gasteiger partial charge on any atom is 0.317 e. The molecular weight excluding hydrogens is 378 g/mol. The Hall–Kier alpha value is -3.68. The van der Waals surface area contributed by atoms with Gasteiger partial charge in [0.05, 0.1) is 22.8 Å². The molecule has 2 N–H and O–H groups in total. The van der Waals surface area contributed by atoms with Crippen molar-refractivity contribution in [3.8, 4) is 5.69 Å². The maximum absolute atomic E-state index is 12.5. The second-order valence-corrected chi connectivity index (χ2v) is 7.25. The van der Waals surface area contributed by atoms with Crippen LogP contribution in [0.1, 0.15) is 30.8 Å². The summed E-state index contributed by atoms with van der Waals surface area (Å²) in [5.41, 5.74) is 4.00. The number of para-hydroxylation sites is 2. The number of hydrogen-bond donors (Lipinski definition) is 2. The maximum atomic E-state index is 12.5. The second-order valence-electron chi connectivity index (χ2n) is 7.25. The number of benzene rings is 2. The van der Waals surface area contributed by atoms with Crippen molar-refractivity contribution in [2.45, 2.75) is 25.8 Å². The Bertz CT molecular complexity index is 1070. The molecule has 0 radical (unpaired) electrons. The SMILES string of the molecule is C[C@H](c1ccc(-n2cncn2)cc1)N(C)C(=O)NCCCc1nc2ccccc2[nH]1. The van der Waals surface area contributed by atoms with Crippen molar-refractivity contribution in [3.63, 3.8) is 0 Å². The quantitative estimate of drug-likeness (QED) is 0.462. The van der Waals surface area contributed by atoms with Gasteiger partial charge in [0.1, 0.15) is 18.5 Å². The van der Waals surface area contributed by atoms with Crippen LogP contribution in [0.15, 0.2) is 61.2 Å². The molecular formula is C22H25N7O. The third-order valence-corrected chi connectivity index (χ3v) is 5.27. The van der Waals surface area contributed by atoms with Crippen molar-refractivity contribution in [1.82, 2.24) is 34.9 Å². The Labute approximate surface area is 175 Å². The molecule has 30 heavy (non-hydrogen) atoms. The van der Waals surface area contributed by atoms with E-state index in [2.05, 4.69) is 25.4 Å². The van der Waals surface area contributed by atoms with E-state index in [-0.39, 0.29) is 12.1 Å². The van der Waals surface area contributed by atoms with Crippen LogP contribution in [-0.2, 0) is 6.42 Å². The molecule has 0 saturated heterocycles. The first kappa shape index (κ1) is 19.6. The minimum absolute atomic E-state index is 0.0508. The van der Waals surface area contributed by atoms with E-state index in [0.29, 0.717) is 6.54 Å². The molecule has 8 nitrogen and oxygen atoms in total. The molecule has 2 aromatic heterocycles. The fourth-order valence-electron chi connectivity index (χ4n) is 3.35. The lowest BCUT2D eigenvalue weighted by molar-refractivity contribution is 0.194. The summed E-state index contributed by atoms with van der Waals surface area (Å²) < 4.78 is 1.70. The first-order chi connectivity index (χ1) is 14.6. The lowest BCUT2D eigenvalue weighted by Gasteiger charge is -2.25. The van der Waals surface area contributed by atoms with E-state index in [4.69, 9.17) is 0 Å². The van der Waals surface area contributed by atoms with Gasteiger partial charge in [-0.05, 0) is 43.2 Å². The van der Waals surface area contributed by atoms with E-state index in [1.807, 2.05) is 62.5 Å². The lowest BCUT2D eigenvalue weighted by Crippen LogP contribution is -2.39. The van der Waals surface area contributed by atoms with E-state index >= 15 is 0 Å². The summed E-state index contributed by atoms with van der Waals surface area (Å²) in [7, 11) is 1.81. The van der Waals surface area contributed by atoms with Gasteiger partial charge in [-0.1, -0.05) is 24.3 Å². The normalized spacial score (nSPS) is 12.1. The smallest absolute Gasteiger partial charge is 0.317 e. The van der Waals surface area contributed by atoms with Gasteiger partial charge in [0.25, 0.3) is 0 Å². The zero-order valence-corrected chi connectivity index (χ0v) is 17.1. The number of H-pyrrole nitrogens is 1. The highest BCUT2D eigenvalue weighted by molar-refractivity contribution is 5.75. The lowest BCUT2D eigenvalue weighted by atomic mass is 10.1. The predicted molar refractivity (Wildman–Crippen MR) is 115 cm³/mol. The highest BCUT2D eigenvalue weighted by Crippen LogP contribution is 2.20. The number of rotatable bonds is 7. The van der Waals surface area contributed by atoms with E-state index in [1.165, 1.54) is 6.33 Å². The van der Waals surface area contributed by atoms with Gasteiger partial charge in [0, 0.05) is 20.0 Å². The Kier molecular flexibility index (Phi) is 5.74. The predicted octanol–water partition coefficient (Wildman–Crippen LogP) is 3.48. The van der Waals surface area contributed by atoms with Crippen LogP contribution in [-0.4, -0.2) is 49.3 Å². The molecule has 0 spiro atoms. The second kappa shape index (κ2) is 8.77. The number of aromatic amines is 1. The van der Waals surface area contributed by atoms with Crippen molar-refractivity contribution in [1.29, 1.82) is 0 Å². The average molecular weight is 403 g/mol. The molecule has 0 aliphatic carbocycles. The molecule has 0 fully saturated rings. The van der Waals surface area contributed by atoms with E-state index in [1.54, 1.807) is 15.9 Å². The number of nitrogens with zero attached hydrogens (tertiary/aromatic N) is 5. The van der Waals surface area contributed by atoms with Crippen molar-refractivity contribution < 1.29 is 4.79 Å². The monoisotopic (exact) mass is 403 g/mol. The highest BCUT2D eigenvalue weighted by Gasteiger charge is 2.17. The molecule has 2 aromatic carbocycles. The molecule has 154 valence electrons. The number of aromatic nitrogens is 5. The molecule has 0 bridgehead atoms. The van der Waals surface area contributed by atoms with Crippen molar-refractivity contribution in [2.75, 3.05) is 13.6 Å². The van der Waals surface area contributed by atoms with Gasteiger partial charge in [-0.3, -0.25) is 0 Å². The Balaban J connectivity index is 1.26. The number of imidazole rings is 1. The molecule has 0 aliphatic rings. The molecule has 0 saturated carbocycles. The summed E-state index contributed by atoms with van der Waals surface area (Å²) in [4.78, 5) is 26.1. The van der Waals surface area contributed by atoms with Gasteiger partial charge >= 0.3 is 6.03 Å². The first-order valence-electron chi connectivity index (χ1n) is 10.0. The summed E-state index contributed by atoms with van der Waals surface area (Å²) in [6.45, 7) is 2.61. The van der Waals surface area contributed by atoms with Crippen molar-refractivity contribution in [2.24, 2.45) is 0 Å². The fraction of sp³-hybridized carbons (Fsp3) is 0.273. The zero-order valence-electron chi connectivity index (χ0n) is 17.1. The zero-order chi connectivity index (χ0) is 20.9. The van der Waals surface area contributed by atoms with Crippen LogP contribution in [0.4, 0.5) is 4.79 Å². The third-order valence-electron chi connectivity index (χ3n) is 5.27. The summed E-state index contributed by atoms with van der Waals surface area (Å²) in [5, 5.41) is 7.12. The summed E-state index contributed by atoms with van der Waals surface area (Å²) in [5.74, 6) is 0.944. The number of aryl methyl sites for hydroxylation is 1. The molecule has 0 aliphatic heterocycles. The number of fused-ring (bicyclic) bond motifs is 1. The van der Waals surface area contributed by atoms with Crippen LogP contribution >= 0.6 is 0 Å². The van der Waals surface area contributed by atoms with Crippen LogP contribution in [0.2, 0.25) is 0 Å². The van der Waals surface area contributed by atoms with Crippen LogP contribution in [0.5, 0.6) is 0 Å². The first-order valence-corrected chi connectivity index (χ1v) is 10.0. The Morgan fingerprint density at radius 3 is 2.73 bits per heavy atom. The fourth-order valence-corrected chi connectivity index (χ4v) is 3.35. The molecule has 2 amide bonds. The average Bonchev–Trinajstić information content (AvgIpc) is 3.45. The molecule has 8 heteroatoms. The van der Waals surface area contributed by atoms with Gasteiger partial charge in [0.15, 0.2) is 0 Å². The van der Waals surface area contributed by atoms with E-state index in [9.17, 15) is 4.79 Å². The van der Waals surface area contributed by atoms with Gasteiger partial charge in [-0.15, -0.1) is 0 Å². The van der Waals surface area contributed by atoms with Gasteiger partial charge in [-0.2, -0.15) is 5.10 Å². The van der Waals surface area contributed by atoms with Crippen molar-refractivity contribution in [3.05, 3.63) is 72.6 Å².